The van der Waals surface area contributed by atoms with Crippen LogP contribution in [-0.2, 0) is 10.0 Å². The van der Waals surface area contributed by atoms with E-state index in [0.717, 1.165) is 19.4 Å². The average molecular weight is 372 g/mol. The molecule has 0 aliphatic carbocycles. The third-order valence-electron chi connectivity index (χ3n) is 4.06. The van der Waals surface area contributed by atoms with Crippen LogP contribution in [-0.4, -0.2) is 43.6 Å². The highest BCUT2D eigenvalue weighted by molar-refractivity contribution is 7.89. The molecule has 1 aliphatic heterocycles. The number of nitrogens with zero attached hydrogens (tertiary/aromatic N) is 2. The lowest BCUT2D eigenvalue weighted by Crippen LogP contribution is -2.42. The molecule has 0 saturated carbocycles. The summed E-state index contributed by atoms with van der Waals surface area (Å²) in [5.74, 6) is 0.463. The fourth-order valence-corrected chi connectivity index (χ4v) is 4.93. The Morgan fingerprint density at radius 3 is 2.75 bits per heavy atom. The Morgan fingerprint density at radius 2 is 2.12 bits per heavy atom. The van der Waals surface area contributed by atoms with Gasteiger partial charge in [-0.25, -0.2) is 8.42 Å². The molecule has 1 aromatic carbocycles. The summed E-state index contributed by atoms with van der Waals surface area (Å²) in [4.78, 5) is 0.275. The molecule has 2 heterocycles. The van der Waals surface area contributed by atoms with Crippen molar-refractivity contribution in [2.75, 3.05) is 19.6 Å². The summed E-state index contributed by atoms with van der Waals surface area (Å²) in [6.07, 6.45) is 3.13. The fraction of sp³-hybridized carbons (Fsp3) is 0.438. The molecular formula is C16H22ClN3O3S. The number of aromatic nitrogens is 1. The third-order valence-corrected chi connectivity index (χ3v) is 6.07. The van der Waals surface area contributed by atoms with Gasteiger partial charge in [-0.3, -0.25) is 0 Å². The van der Waals surface area contributed by atoms with Crippen LogP contribution >= 0.6 is 12.4 Å². The Hall–Kier alpha value is -1.41. The molecule has 24 heavy (non-hydrogen) atoms. The number of sulfonamides is 1. The van der Waals surface area contributed by atoms with Crippen LogP contribution in [0.5, 0.6) is 0 Å². The molecule has 1 fully saturated rings. The monoisotopic (exact) mass is 371 g/mol. The number of halogens is 1. The summed E-state index contributed by atoms with van der Waals surface area (Å²) in [7, 11) is -3.60. The van der Waals surface area contributed by atoms with E-state index in [-0.39, 0.29) is 23.3 Å². The molecule has 3 rings (SSSR count). The van der Waals surface area contributed by atoms with Gasteiger partial charge in [0.2, 0.25) is 10.0 Å². The van der Waals surface area contributed by atoms with E-state index in [0.29, 0.717) is 24.4 Å². The summed E-state index contributed by atoms with van der Waals surface area (Å²) in [5, 5.41) is 6.93. The standard InChI is InChI=1S/C16H21N3O3S.ClH/c1-2-11-19(13-7-9-17-12-13)23(20,21)16-6-4-3-5-14(16)15-8-10-18-22-15;/h3-6,8,10,13,17H,2,7,9,11-12H2,1H3;1H. The van der Waals surface area contributed by atoms with E-state index in [4.69, 9.17) is 4.52 Å². The van der Waals surface area contributed by atoms with Crippen molar-refractivity contribution in [3.8, 4) is 11.3 Å². The van der Waals surface area contributed by atoms with Gasteiger partial charge in [0.25, 0.3) is 0 Å². The highest BCUT2D eigenvalue weighted by Gasteiger charge is 2.34. The summed E-state index contributed by atoms with van der Waals surface area (Å²) >= 11 is 0. The summed E-state index contributed by atoms with van der Waals surface area (Å²) < 4.78 is 33.3. The van der Waals surface area contributed by atoms with Crippen LogP contribution in [0.25, 0.3) is 11.3 Å². The van der Waals surface area contributed by atoms with Gasteiger partial charge in [-0.2, -0.15) is 4.31 Å². The zero-order valence-corrected chi connectivity index (χ0v) is 15.1. The Morgan fingerprint density at radius 1 is 1.33 bits per heavy atom. The first-order valence-electron chi connectivity index (χ1n) is 7.87. The summed E-state index contributed by atoms with van der Waals surface area (Å²) in [6, 6.07) is 8.61. The van der Waals surface area contributed by atoms with Crippen LogP contribution in [0.2, 0.25) is 0 Å². The molecule has 1 aromatic heterocycles. The first kappa shape index (κ1) is 18.9. The second-order valence-corrected chi connectivity index (χ2v) is 7.49. The number of hydrogen-bond acceptors (Lipinski definition) is 5. The van der Waals surface area contributed by atoms with Crippen molar-refractivity contribution in [1.82, 2.24) is 14.8 Å². The molecule has 1 N–H and O–H groups in total. The molecule has 8 heteroatoms. The Balaban J connectivity index is 0.00000208. The molecule has 0 spiro atoms. The van der Waals surface area contributed by atoms with E-state index in [9.17, 15) is 8.42 Å². The minimum Gasteiger partial charge on any atom is -0.356 e. The quantitative estimate of drug-likeness (QED) is 0.844. The zero-order chi connectivity index (χ0) is 16.3. The second-order valence-electron chi connectivity index (χ2n) is 5.64. The molecule has 1 unspecified atom stereocenters. The number of benzene rings is 1. The fourth-order valence-electron chi connectivity index (χ4n) is 2.98. The zero-order valence-electron chi connectivity index (χ0n) is 13.5. The maximum absolute atomic E-state index is 13.3. The molecule has 1 atom stereocenters. The van der Waals surface area contributed by atoms with Crippen LogP contribution in [0, 0.1) is 0 Å². The van der Waals surface area contributed by atoms with Crippen molar-refractivity contribution in [3.05, 3.63) is 36.5 Å². The molecule has 1 saturated heterocycles. The van der Waals surface area contributed by atoms with E-state index in [2.05, 4.69) is 10.5 Å². The largest absolute Gasteiger partial charge is 0.356 e. The van der Waals surface area contributed by atoms with Gasteiger partial charge in [0.15, 0.2) is 5.76 Å². The predicted octanol–water partition coefficient (Wildman–Crippen LogP) is 2.53. The Bertz CT molecular complexity index is 744. The average Bonchev–Trinajstić information content (AvgIpc) is 3.25. The van der Waals surface area contributed by atoms with Crippen molar-refractivity contribution in [3.63, 3.8) is 0 Å². The van der Waals surface area contributed by atoms with Gasteiger partial charge >= 0.3 is 0 Å². The van der Waals surface area contributed by atoms with Crippen LogP contribution < -0.4 is 5.32 Å². The molecular weight excluding hydrogens is 350 g/mol. The number of hydrogen-bond donors (Lipinski definition) is 1. The smallest absolute Gasteiger partial charge is 0.244 e. The van der Waals surface area contributed by atoms with Gasteiger partial charge in [-0.1, -0.05) is 24.2 Å². The summed E-state index contributed by atoms with van der Waals surface area (Å²) in [6.45, 7) is 4.06. The Labute approximate surface area is 148 Å². The highest BCUT2D eigenvalue weighted by Crippen LogP contribution is 2.30. The first-order valence-corrected chi connectivity index (χ1v) is 9.31. The lowest BCUT2D eigenvalue weighted by molar-refractivity contribution is 0.335. The Kier molecular flexibility index (Phi) is 6.40. The lowest BCUT2D eigenvalue weighted by atomic mass is 10.2. The van der Waals surface area contributed by atoms with Gasteiger partial charge in [-0.15, -0.1) is 12.4 Å². The van der Waals surface area contributed by atoms with Crippen LogP contribution in [0.4, 0.5) is 0 Å². The van der Waals surface area contributed by atoms with Gasteiger partial charge in [-0.05, 0) is 31.5 Å². The minimum absolute atomic E-state index is 0. The van der Waals surface area contributed by atoms with Crippen molar-refractivity contribution in [2.45, 2.75) is 30.7 Å². The van der Waals surface area contributed by atoms with E-state index in [1.807, 2.05) is 6.92 Å². The molecule has 132 valence electrons. The van der Waals surface area contributed by atoms with Crippen LogP contribution in [0.1, 0.15) is 19.8 Å². The number of rotatable bonds is 6. The lowest BCUT2D eigenvalue weighted by Gasteiger charge is -2.28. The van der Waals surface area contributed by atoms with Gasteiger partial charge in [0.1, 0.15) is 0 Å². The van der Waals surface area contributed by atoms with Crippen molar-refractivity contribution in [1.29, 1.82) is 0 Å². The maximum Gasteiger partial charge on any atom is 0.244 e. The minimum atomic E-state index is -3.60. The molecule has 6 nitrogen and oxygen atoms in total. The molecule has 0 radical (unpaired) electrons. The molecule has 1 aliphatic rings. The topological polar surface area (TPSA) is 75.4 Å². The van der Waals surface area contributed by atoms with E-state index >= 15 is 0 Å². The van der Waals surface area contributed by atoms with Gasteiger partial charge in [0.05, 0.1) is 11.1 Å². The predicted molar refractivity (Wildman–Crippen MR) is 94.6 cm³/mol. The number of nitrogens with one attached hydrogen (secondary N) is 1. The van der Waals surface area contributed by atoms with Crippen molar-refractivity contribution >= 4 is 22.4 Å². The van der Waals surface area contributed by atoms with E-state index < -0.39 is 10.0 Å². The van der Waals surface area contributed by atoms with E-state index in [1.54, 1.807) is 34.6 Å². The van der Waals surface area contributed by atoms with Gasteiger partial charge < -0.3 is 9.84 Å². The molecule has 0 bridgehead atoms. The normalized spacial score (nSPS) is 17.8. The highest BCUT2D eigenvalue weighted by atomic mass is 35.5. The summed E-state index contributed by atoms with van der Waals surface area (Å²) in [5.41, 5.74) is 0.553. The van der Waals surface area contributed by atoms with Crippen LogP contribution in [0.15, 0.2) is 45.9 Å². The van der Waals surface area contributed by atoms with Crippen LogP contribution in [0.3, 0.4) is 0 Å². The molecule has 2 aromatic rings. The van der Waals surface area contributed by atoms with Crippen molar-refractivity contribution in [2.24, 2.45) is 0 Å². The maximum atomic E-state index is 13.3. The van der Waals surface area contributed by atoms with Crippen molar-refractivity contribution < 1.29 is 12.9 Å². The molecule has 0 amide bonds. The second kappa shape index (κ2) is 8.11. The first-order chi connectivity index (χ1) is 11.1. The third kappa shape index (κ3) is 3.64. The SMILES string of the molecule is CCCN(C1CCNC1)S(=O)(=O)c1ccccc1-c1ccno1.Cl. The van der Waals surface area contributed by atoms with Gasteiger partial charge in [0, 0.05) is 30.8 Å². The van der Waals surface area contributed by atoms with E-state index in [1.165, 1.54) is 6.20 Å².